The second-order valence-electron chi connectivity index (χ2n) is 4.47. The summed E-state index contributed by atoms with van der Waals surface area (Å²) >= 11 is 7.82. The molecular formula is C15H17ClFNS. The number of halogens is 2. The van der Waals surface area contributed by atoms with Gasteiger partial charge in [0.05, 0.1) is 0 Å². The van der Waals surface area contributed by atoms with E-state index in [9.17, 15) is 4.39 Å². The Morgan fingerprint density at radius 3 is 2.89 bits per heavy atom. The number of nitrogens with one attached hydrogen (secondary N) is 1. The fourth-order valence-corrected chi connectivity index (χ4v) is 3.06. The third kappa shape index (κ3) is 4.03. The molecule has 4 heteroatoms. The lowest BCUT2D eigenvalue weighted by Gasteiger charge is -2.17. The minimum Gasteiger partial charge on any atom is -0.305 e. The first-order valence-corrected chi connectivity index (χ1v) is 7.67. The molecule has 1 nitrogen and oxygen atoms in total. The predicted molar refractivity (Wildman–Crippen MR) is 80.2 cm³/mol. The van der Waals surface area contributed by atoms with Gasteiger partial charge in [-0.2, -0.15) is 0 Å². The first kappa shape index (κ1) is 14.5. The Labute approximate surface area is 122 Å². The van der Waals surface area contributed by atoms with Crippen molar-refractivity contribution in [1.29, 1.82) is 0 Å². The summed E-state index contributed by atoms with van der Waals surface area (Å²) in [4.78, 5) is 1.31. The second kappa shape index (κ2) is 7.04. The number of hydrogen-bond acceptors (Lipinski definition) is 2. The van der Waals surface area contributed by atoms with Gasteiger partial charge < -0.3 is 5.32 Å². The van der Waals surface area contributed by atoms with Crippen molar-refractivity contribution in [2.45, 2.75) is 32.4 Å². The smallest absolute Gasteiger partial charge is 0.123 e. The number of thiophene rings is 1. The molecule has 102 valence electrons. The Balaban J connectivity index is 2.04. The zero-order chi connectivity index (χ0) is 13.7. The lowest BCUT2D eigenvalue weighted by atomic mass is 10.1. The Morgan fingerprint density at radius 1 is 1.37 bits per heavy atom. The van der Waals surface area contributed by atoms with Crippen LogP contribution in [-0.2, 0) is 6.54 Å². The van der Waals surface area contributed by atoms with Crippen LogP contribution in [0, 0.1) is 5.82 Å². The zero-order valence-corrected chi connectivity index (χ0v) is 12.4. The zero-order valence-electron chi connectivity index (χ0n) is 10.8. The molecule has 0 saturated carbocycles. The lowest BCUT2D eigenvalue weighted by Crippen LogP contribution is -2.20. The van der Waals surface area contributed by atoms with E-state index in [1.807, 2.05) is 0 Å². The van der Waals surface area contributed by atoms with Crippen LogP contribution in [0.5, 0.6) is 0 Å². The summed E-state index contributed by atoms with van der Waals surface area (Å²) in [5, 5.41) is 6.15. The molecule has 1 heterocycles. The van der Waals surface area contributed by atoms with E-state index in [0.717, 1.165) is 18.4 Å². The third-order valence-electron chi connectivity index (χ3n) is 3.01. The molecular weight excluding hydrogens is 281 g/mol. The maximum Gasteiger partial charge on any atom is 0.123 e. The predicted octanol–water partition coefficient (Wildman–Crippen LogP) is 5.17. The van der Waals surface area contributed by atoms with Gasteiger partial charge in [-0.15, -0.1) is 11.3 Å². The van der Waals surface area contributed by atoms with E-state index in [2.05, 4.69) is 29.8 Å². The third-order valence-corrected chi connectivity index (χ3v) is 4.37. The fourth-order valence-electron chi connectivity index (χ4n) is 2.04. The highest BCUT2D eigenvalue weighted by molar-refractivity contribution is 7.10. The summed E-state index contributed by atoms with van der Waals surface area (Å²) in [5.41, 5.74) is 0.805. The van der Waals surface area contributed by atoms with E-state index in [1.54, 1.807) is 17.4 Å². The van der Waals surface area contributed by atoms with Crippen molar-refractivity contribution in [2.75, 3.05) is 0 Å². The Kier molecular flexibility index (Phi) is 5.37. The first-order valence-electron chi connectivity index (χ1n) is 6.41. The second-order valence-corrected chi connectivity index (χ2v) is 5.86. The van der Waals surface area contributed by atoms with Gasteiger partial charge in [0, 0.05) is 22.5 Å². The van der Waals surface area contributed by atoms with Gasteiger partial charge in [0.15, 0.2) is 0 Å². The molecule has 1 aromatic heterocycles. The molecule has 0 bridgehead atoms. The molecule has 0 aliphatic carbocycles. The molecule has 0 saturated heterocycles. The number of benzene rings is 1. The van der Waals surface area contributed by atoms with Crippen LogP contribution in [0.25, 0.3) is 0 Å². The quantitative estimate of drug-likeness (QED) is 0.775. The summed E-state index contributed by atoms with van der Waals surface area (Å²) in [6, 6.07) is 8.98. The van der Waals surface area contributed by atoms with Gasteiger partial charge >= 0.3 is 0 Å². The van der Waals surface area contributed by atoms with Gasteiger partial charge in [-0.05, 0) is 41.6 Å². The van der Waals surface area contributed by atoms with Crippen LogP contribution in [0.2, 0.25) is 5.02 Å². The Bertz CT molecular complexity index is 513. The fraction of sp³-hybridized carbons (Fsp3) is 0.333. The summed E-state index contributed by atoms with van der Waals surface area (Å²) in [5.74, 6) is -0.246. The van der Waals surface area contributed by atoms with Crippen molar-refractivity contribution in [2.24, 2.45) is 0 Å². The Hall–Kier alpha value is -0.900. The van der Waals surface area contributed by atoms with Gasteiger partial charge in [-0.25, -0.2) is 4.39 Å². The van der Waals surface area contributed by atoms with Crippen molar-refractivity contribution in [3.63, 3.8) is 0 Å². The van der Waals surface area contributed by atoms with Crippen molar-refractivity contribution in [3.8, 4) is 0 Å². The van der Waals surface area contributed by atoms with Gasteiger partial charge in [0.25, 0.3) is 0 Å². The molecule has 2 aromatic rings. The van der Waals surface area contributed by atoms with Gasteiger partial charge in [0.1, 0.15) is 5.82 Å². The van der Waals surface area contributed by atoms with E-state index in [0.29, 0.717) is 17.6 Å². The molecule has 1 N–H and O–H groups in total. The molecule has 1 aromatic carbocycles. The highest BCUT2D eigenvalue weighted by Gasteiger charge is 2.12. The standard InChI is InChI=1S/C15H17ClFNS/c1-2-4-14(15-5-3-8-19-15)18-10-11-9-12(17)6-7-13(11)16/h3,5-9,14,18H,2,4,10H2,1H3. The van der Waals surface area contributed by atoms with E-state index >= 15 is 0 Å². The Morgan fingerprint density at radius 2 is 2.21 bits per heavy atom. The maximum atomic E-state index is 13.2. The normalized spacial score (nSPS) is 12.6. The topological polar surface area (TPSA) is 12.0 Å². The van der Waals surface area contributed by atoms with Crippen LogP contribution in [-0.4, -0.2) is 0 Å². The van der Waals surface area contributed by atoms with Crippen molar-refractivity contribution < 1.29 is 4.39 Å². The molecule has 0 aliphatic heterocycles. The van der Waals surface area contributed by atoms with Crippen LogP contribution >= 0.6 is 22.9 Å². The minimum atomic E-state index is -0.246. The molecule has 0 spiro atoms. The lowest BCUT2D eigenvalue weighted by molar-refractivity contribution is 0.499. The molecule has 2 rings (SSSR count). The summed E-state index contributed by atoms with van der Waals surface area (Å²) in [7, 11) is 0. The van der Waals surface area contributed by atoms with Gasteiger partial charge in [0.2, 0.25) is 0 Å². The summed E-state index contributed by atoms with van der Waals surface area (Å²) < 4.78 is 13.2. The van der Waals surface area contributed by atoms with Crippen molar-refractivity contribution in [1.82, 2.24) is 5.32 Å². The van der Waals surface area contributed by atoms with Gasteiger partial charge in [-0.3, -0.25) is 0 Å². The van der Waals surface area contributed by atoms with Gasteiger partial charge in [-0.1, -0.05) is 31.0 Å². The molecule has 19 heavy (non-hydrogen) atoms. The SMILES string of the molecule is CCCC(NCc1cc(F)ccc1Cl)c1cccs1. The molecule has 0 aliphatic rings. The summed E-state index contributed by atoms with van der Waals surface area (Å²) in [6.07, 6.45) is 2.17. The molecule has 0 amide bonds. The molecule has 1 atom stereocenters. The first-order chi connectivity index (χ1) is 9.20. The number of rotatable bonds is 6. The highest BCUT2D eigenvalue weighted by Crippen LogP contribution is 2.25. The highest BCUT2D eigenvalue weighted by atomic mass is 35.5. The largest absolute Gasteiger partial charge is 0.305 e. The average Bonchev–Trinajstić information content (AvgIpc) is 2.92. The summed E-state index contributed by atoms with van der Waals surface area (Å²) in [6.45, 7) is 2.75. The maximum absolute atomic E-state index is 13.2. The average molecular weight is 298 g/mol. The number of hydrogen-bond donors (Lipinski definition) is 1. The van der Waals surface area contributed by atoms with Crippen LogP contribution in [0.15, 0.2) is 35.7 Å². The monoisotopic (exact) mass is 297 g/mol. The van der Waals surface area contributed by atoms with Crippen LogP contribution in [0.1, 0.15) is 36.2 Å². The minimum absolute atomic E-state index is 0.246. The van der Waals surface area contributed by atoms with E-state index in [1.165, 1.54) is 17.0 Å². The molecule has 0 radical (unpaired) electrons. The van der Waals surface area contributed by atoms with Crippen molar-refractivity contribution in [3.05, 3.63) is 57.0 Å². The van der Waals surface area contributed by atoms with Crippen LogP contribution in [0.4, 0.5) is 4.39 Å². The molecule has 1 unspecified atom stereocenters. The van der Waals surface area contributed by atoms with E-state index in [-0.39, 0.29) is 5.82 Å². The molecule has 0 fully saturated rings. The van der Waals surface area contributed by atoms with Crippen LogP contribution in [0.3, 0.4) is 0 Å². The van der Waals surface area contributed by atoms with E-state index in [4.69, 9.17) is 11.6 Å². The van der Waals surface area contributed by atoms with Crippen LogP contribution < -0.4 is 5.32 Å². The van der Waals surface area contributed by atoms with E-state index < -0.39 is 0 Å². The van der Waals surface area contributed by atoms with Crippen molar-refractivity contribution >= 4 is 22.9 Å².